The molecule has 1 aliphatic rings. The molecule has 1 heterocycles. The molecule has 1 aliphatic heterocycles. The van der Waals surface area contributed by atoms with Crippen molar-refractivity contribution in [3.05, 3.63) is 63.6 Å². The van der Waals surface area contributed by atoms with Gasteiger partial charge in [-0.15, -0.1) is 0 Å². The highest BCUT2D eigenvalue weighted by atomic mass is 79.9. The summed E-state index contributed by atoms with van der Waals surface area (Å²) in [5.74, 6) is 0.0472. The van der Waals surface area contributed by atoms with Crippen LogP contribution >= 0.6 is 15.9 Å². The fourth-order valence-corrected chi connectivity index (χ4v) is 3.36. The summed E-state index contributed by atoms with van der Waals surface area (Å²) in [4.78, 5) is 11.5. The molecular formula is C18H18BrNO3. The number of hydrogen-bond donors (Lipinski definition) is 2. The largest absolute Gasteiger partial charge is 0.493 e. The molecule has 0 saturated heterocycles. The summed E-state index contributed by atoms with van der Waals surface area (Å²) in [6.45, 7) is 1.15. The van der Waals surface area contributed by atoms with Gasteiger partial charge in [0, 0.05) is 23.0 Å². The molecule has 120 valence electrons. The average Bonchev–Trinajstić information content (AvgIpc) is 3.00. The van der Waals surface area contributed by atoms with Gasteiger partial charge in [-0.25, -0.2) is 0 Å². The van der Waals surface area contributed by atoms with Gasteiger partial charge in [0.2, 0.25) is 0 Å². The summed E-state index contributed by atoms with van der Waals surface area (Å²) in [6.07, 6.45) is 1.35. The number of benzene rings is 2. The summed E-state index contributed by atoms with van der Waals surface area (Å²) >= 11 is 3.51. The van der Waals surface area contributed by atoms with Gasteiger partial charge in [0.05, 0.1) is 6.61 Å². The van der Waals surface area contributed by atoms with Crippen LogP contribution in [0.25, 0.3) is 0 Å². The molecule has 0 aromatic heterocycles. The SMILES string of the molecule is O=C(O)[C@H](Cc1ccccc1)NCc1cc(Br)cc2c1OCC2. The Morgan fingerprint density at radius 1 is 1.30 bits per heavy atom. The summed E-state index contributed by atoms with van der Waals surface area (Å²) < 4.78 is 6.68. The summed E-state index contributed by atoms with van der Waals surface area (Å²) in [6, 6.07) is 13.1. The zero-order valence-electron chi connectivity index (χ0n) is 12.6. The molecule has 0 saturated carbocycles. The predicted molar refractivity (Wildman–Crippen MR) is 91.8 cm³/mol. The van der Waals surface area contributed by atoms with Crippen molar-refractivity contribution in [1.82, 2.24) is 5.32 Å². The maximum absolute atomic E-state index is 11.5. The van der Waals surface area contributed by atoms with Gasteiger partial charge in [-0.3, -0.25) is 10.1 Å². The third-order valence-corrected chi connectivity index (χ3v) is 4.40. The van der Waals surface area contributed by atoms with Gasteiger partial charge in [-0.1, -0.05) is 46.3 Å². The molecule has 0 amide bonds. The lowest BCUT2D eigenvalue weighted by Crippen LogP contribution is -2.38. The topological polar surface area (TPSA) is 58.6 Å². The number of rotatable bonds is 6. The lowest BCUT2D eigenvalue weighted by Gasteiger charge is -2.16. The van der Waals surface area contributed by atoms with E-state index in [0.717, 1.165) is 27.8 Å². The minimum atomic E-state index is -0.846. The lowest BCUT2D eigenvalue weighted by molar-refractivity contribution is -0.139. The highest BCUT2D eigenvalue weighted by Crippen LogP contribution is 2.32. The Hall–Kier alpha value is -1.85. The normalized spacial score (nSPS) is 14.1. The van der Waals surface area contributed by atoms with E-state index in [2.05, 4.69) is 27.3 Å². The second kappa shape index (κ2) is 7.15. The van der Waals surface area contributed by atoms with Gasteiger partial charge in [-0.2, -0.15) is 0 Å². The molecule has 4 nitrogen and oxygen atoms in total. The van der Waals surface area contributed by atoms with E-state index in [1.807, 2.05) is 36.4 Å². The highest BCUT2D eigenvalue weighted by Gasteiger charge is 2.21. The lowest BCUT2D eigenvalue weighted by atomic mass is 10.0. The Morgan fingerprint density at radius 3 is 2.83 bits per heavy atom. The number of aliphatic carboxylic acids is 1. The van der Waals surface area contributed by atoms with Gasteiger partial charge < -0.3 is 9.84 Å². The van der Waals surface area contributed by atoms with E-state index >= 15 is 0 Å². The van der Waals surface area contributed by atoms with E-state index in [0.29, 0.717) is 19.6 Å². The van der Waals surface area contributed by atoms with Crippen molar-refractivity contribution in [3.63, 3.8) is 0 Å². The quantitative estimate of drug-likeness (QED) is 0.813. The van der Waals surface area contributed by atoms with E-state index in [9.17, 15) is 9.90 Å². The number of ether oxygens (including phenoxy) is 1. The first-order valence-corrected chi connectivity index (χ1v) is 8.37. The second-order valence-electron chi connectivity index (χ2n) is 5.61. The van der Waals surface area contributed by atoms with Crippen molar-refractivity contribution in [2.45, 2.75) is 25.4 Å². The average molecular weight is 376 g/mol. The van der Waals surface area contributed by atoms with Crippen LogP contribution in [0.1, 0.15) is 16.7 Å². The first kappa shape index (κ1) is 16.0. The molecule has 5 heteroatoms. The third-order valence-electron chi connectivity index (χ3n) is 3.94. The maximum atomic E-state index is 11.5. The molecule has 0 aliphatic carbocycles. The van der Waals surface area contributed by atoms with Crippen LogP contribution in [0.5, 0.6) is 5.75 Å². The molecule has 0 unspecified atom stereocenters. The monoisotopic (exact) mass is 375 g/mol. The fraction of sp³-hybridized carbons (Fsp3) is 0.278. The molecule has 0 radical (unpaired) electrons. The van der Waals surface area contributed by atoms with Crippen LogP contribution in [0.3, 0.4) is 0 Å². The van der Waals surface area contributed by atoms with Crippen molar-refractivity contribution in [2.24, 2.45) is 0 Å². The molecule has 3 rings (SSSR count). The summed E-state index contributed by atoms with van der Waals surface area (Å²) in [5, 5.41) is 12.6. The molecule has 23 heavy (non-hydrogen) atoms. The number of hydrogen-bond acceptors (Lipinski definition) is 3. The predicted octanol–water partition coefficient (Wildman–Crippen LogP) is 3.17. The van der Waals surface area contributed by atoms with E-state index in [1.54, 1.807) is 0 Å². The Kier molecular flexibility index (Phi) is 4.98. The Balaban J connectivity index is 1.71. The van der Waals surface area contributed by atoms with Crippen molar-refractivity contribution in [1.29, 1.82) is 0 Å². The standard InChI is InChI=1S/C18H18BrNO3/c19-15-9-13-6-7-23-17(13)14(10-15)11-20-16(18(21)22)8-12-4-2-1-3-5-12/h1-5,9-10,16,20H,6-8,11H2,(H,21,22)/t16-/m0/s1. The molecule has 1 atom stereocenters. The minimum Gasteiger partial charge on any atom is -0.493 e. The molecule has 0 fully saturated rings. The molecule has 0 spiro atoms. The Labute approximate surface area is 143 Å². The third kappa shape index (κ3) is 3.92. The molecule has 2 aromatic rings. The van der Waals surface area contributed by atoms with Gasteiger partial charge in [-0.05, 0) is 29.7 Å². The van der Waals surface area contributed by atoms with Crippen LogP contribution in [0.4, 0.5) is 0 Å². The summed E-state index contributed by atoms with van der Waals surface area (Å²) in [7, 11) is 0. The van der Waals surface area contributed by atoms with E-state index in [4.69, 9.17) is 4.74 Å². The molecular weight excluding hydrogens is 358 g/mol. The van der Waals surface area contributed by atoms with Crippen LogP contribution < -0.4 is 10.1 Å². The number of halogens is 1. The Bertz CT molecular complexity index is 703. The number of fused-ring (bicyclic) bond motifs is 1. The van der Waals surface area contributed by atoms with E-state index in [-0.39, 0.29) is 0 Å². The first-order valence-electron chi connectivity index (χ1n) is 7.57. The van der Waals surface area contributed by atoms with Crippen LogP contribution in [-0.4, -0.2) is 23.7 Å². The number of carboxylic acids is 1. The molecule has 2 N–H and O–H groups in total. The van der Waals surface area contributed by atoms with Gasteiger partial charge >= 0.3 is 5.97 Å². The molecule has 0 bridgehead atoms. The van der Waals surface area contributed by atoms with Crippen LogP contribution in [0.2, 0.25) is 0 Å². The van der Waals surface area contributed by atoms with Crippen molar-refractivity contribution >= 4 is 21.9 Å². The highest BCUT2D eigenvalue weighted by molar-refractivity contribution is 9.10. The van der Waals surface area contributed by atoms with E-state index < -0.39 is 12.0 Å². The minimum absolute atomic E-state index is 0.452. The van der Waals surface area contributed by atoms with Crippen LogP contribution in [0, 0.1) is 0 Å². The van der Waals surface area contributed by atoms with Gasteiger partial charge in [0.15, 0.2) is 0 Å². The maximum Gasteiger partial charge on any atom is 0.321 e. The van der Waals surface area contributed by atoms with Crippen LogP contribution in [-0.2, 0) is 24.2 Å². The zero-order chi connectivity index (χ0) is 16.2. The summed E-state index contributed by atoms with van der Waals surface area (Å²) in [5.41, 5.74) is 3.17. The van der Waals surface area contributed by atoms with Gasteiger partial charge in [0.1, 0.15) is 11.8 Å². The zero-order valence-corrected chi connectivity index (χ0v) is 14.2. The van der Waals surface area contributed by atoms with Crippen molar-refractivity contribution in [3.8, 4) is 5.75 Å². The fourth-order valence-electron chi connectivity index (χ4n) is 2.81. The second-order valence-corrected chi connectivity index (χ2v) is 6.53. The van der Waals surface area contributed by atoms with Crippen molar-refractivity contribution in [2.75, 3.05) is 6.61 Å². The van der Waals surface area contributed by atoms with E-state index in [1.165, 1.54) is 5.56 Å². The van der Waals surface area contributed by atoms with Crippen molar-refractivity contribution < 1.29 is 14.6 Å². The van der Waals surface area contributed by atoms with Crippen LogP contribution in [0.15, 0.2) is 46.9 Å². The first-order chi connectivity index (χ1) is 11.1. The number of carbonyl (C=O) groups is 1. The molecule has 2 aromatic carbocycles. The number of nitrogens with one attached hydrogen (secondary N) is 1. The Morgan fingerprint density at radius 2 is 2.09 bits per heavy atom. The smallest absolute Gasteiger partial charge is 0.321 e. The number of carboxylic acid groups (broad SMARTS) is 1. The van der Waals surface area contributed by atoms with Gasteiger partial charge in [0.25, 0.3) is 0 Å².